The van der Waals surface area contributed by atoms with E-state index in [1.807, 2.05) is 59.2 Å². The van der Waals surface area contributed by atoms with Crippen molar-refractivity contribution in [3.8, 4) is 5.75 Å². The van der Waals surface area contributed by atoms with Gasteiger partial charge >= 0.3 is 0 Å². The van der Waals surface area contributed by atoms with Crippen LogP contribution in [0.3, 0.4) is 0 Å². The Labute approximate surface area is 193 Å². The summed E-state index contributed by atoms with van der Waals surface area (Å²) in [6.45, 7) is 4.64. The molecule has 0 N–H and O–H groups in total. The number of Topliss-reactive ketones (excluding diaryl/α,β-unsaturated/α-hetero) is 1. The van der Waals surface area contributed by atoms with E-state index in [2.05, 4.69) is 44.8 Å². The minimum atomic E-state index is 0.0409. The molecule has 4 aromatic rings. The van der Waals surface area contributed by atoms with Gasteiger partial charge in [0.05, 0.1) is 5.75 Å². The van der Waals surface area contributed by atoms with Crippen LogP contribution in [0.2, 0.25) is 0 Å². The van der Waals surface area contributed by atoms with Crippen LogP contribution in [0.1, 0.15) is 16.2 Å². The van der Waals surface area contributed by atoms with E-state index in [4.69, 9.17) is 4.74 Å². The molecule has 31 heavy (non-hydrogen) atoms. The van der Waals surface area contributed by atoms with Gasteiger partial charge < -0.3 is 4.74 Å². The first-order chi connectivity index (χ1) is 15.2. The second-order valence-electron chi connectivity index (χ2n) is 6.78. The smallest absolute Gasteiger partial charge is 0.192 e. The van der Waals surface area contributed by atoms with Gasteiger partial charge in [-0.05, 0) is 23.6 Å². The molecule has 1 aromatic heterocycles. The van der Waals surface area contributed by atoms with Gasteiger partial charge in [0.1, 0.15) is 12.4 Å². The first-order valence-electron chi connectivity index (χ1n) is 9.71. The van der Waals surface area contributed by atoms with Crippen molar-refractivity contribution < 1.29 is 9.53 Å². The normalized spacial score (nSPS) is 10.9. The van der Waals surface area contributed by atoms with Crippen LogP contribution >= 0.6 is 27.7 Å². The van der Waals surface area contributed by atoms with Gasteiger partial charge in [0, 0.05) is 22.0 Å². The average Bonchev–Trinajstić information content (AvgIpc) is 3.18. The summed E-state index contributed by atoms with van der Waals surface area (Å²) in [4.78, 5) is 12.5. The topological polar surface area (TPSA) is 57.0 Å². The maximum absolute atomic E-state index is 12.5. The van der Waals surface area contributed by atoms with Crippen molar-refractivity contribution >= 4 is 44.2 Å². The number of thioether (sulfide) groups is 1. The van der Waals surface area contributed by atoms with Crippen molar-refractivity contribution in [2.24, 2.45) is 0 Å². The van der Waals surface area contributed by atoms with Crippen LogP contribution in [0.4, 0.5) is 0 Å². The molecule has 0 radical (unpaired) electrons. The van der Waals surface area contributed by atoms with Crippen LogP contribution in [0, 0.1) is 0 Å². The Bertz CT molecular complexity index is 1220. The second kappa shape index (κ2) is 9.94. The zero-order valence-corrected chi connectivity index (χ0v) is 19.1. The molecule has 1 heterocycles. The van der Waals surface area contributed by atoms with Crippen molar-refractivity contribution in [1.29, 1.82) is 0 Å². The van der Waals surface area contributed by atoms with E-state index in [9.17, 15) is 4.79 Å². The van der Waals surface area contributed by atoms with Gasteiger partial charge in [-0.3, -0.25) is 9.36 Å². The predicted octanol–water partition coefficient (Wildman–Crippen LogP) is 5.93. The number of aromatic nitrogens is 3. The monoisotopic (exact) mass is 493 g/mol. The SMILES string of the molecule is C=CCn1c(COc2cccc3ccccc23)nnc1SCC(=O)c1ccc(Br)cc1. The van der Waals surface area contributed by atoms with Gasteiger partial charge in [-0.15, -0.1) is 16.8 Å². The molecule has 0 bridgehead atoms. The number of halogens is 1. The molecule has 4 rings (SSSR count). The molecule has 0 amide bonds. The molecule has 0 saturated heterocycles. The number of nitrogens with zero attached hydrogens (tertiary/aromatic N) is 3. The second-order valence-corrected chi connectivity index (χ2v) is 8.64. The Morgan fingerprint density at radius 1 is 1.06 bits per heavy atom. The van der Waals surface area contributed by atoms with Crippen molar-refractivity contribution in [3.63, 3.8) is 0 Å². The number of rotatable bonds is 9. The van der Waals surface area contributed by atoms with E-state index in [1.54, 1.807) is 6.08 Å². The molecule has 7 heteroatoms. The summed E-state index contributed by atoms with van der Waals surface area (Å²) in [5, 5.41) is 11.4. The Morgan fingerprint density at radius 2 is 1.84 bits per heavy atom. The minimum Gasteiger partial charge on any atom is -0.485 e. The van der Waals surface area contributed by atoms with Gasteiger partial charge in [0.2, 0.25) is 0 Å². The molecule has 0 saturated carbocycles. The molecule has 0 fully saturated rings. The highest BCUT2D eigenvalue weighted by molar-refractivity contribution is 9.10. The summed E-state index contributed by atoms with van der Waals surface area (Å²) in [6.07, 6.45) is 1.78. The first kappa shape index (κ1) is 21.3. The predicted molar refractivity (Wildman–Crippen MR) is 128 cm³/mol. The van der Waals surface area contributed by atoms with Gasteiger partial charge in [-0.2, -0.15) is 0 Å². The molecule has 0 unspecified atom stereocenters. The highest BCUT2D eigenvalue weighted by Gasteiger charge is 2.15. The van der Waals surface area contributed by atoms with Gasteiger partial charge in [-0.1, -0.05) is 82.3 Å². The highest BCUT2D eigenvalue weighted by Crippen LogP contribution is 2.26. The van der Waals surface area contributed by atoms with Crippen molar-refractivity contribution in [3.05, 3.63) is 95.2 Å². The van der Waals surface area contributed by atoms with E-state index in [0.29, 0.717) is 23.1 Å². The van der Waals surface area contributed by atoms with E-state index in [-0.39, 0.29) is 18.1 Å². The van der Waals surface area contributed by atoms with Gasteiger partial charge in [0.15, 0.2) is 16.8 Å². The molecular weight excluding hydrogens is 474 g/mol. The summed E-state index contributed by atoms with van der Waals surface area (Å²) in [7, 11) is 0. The molecule has 5 nitrogen and oxygen atoms in total. The summed E-state index contributed by atoms with van der Waals surface area (Å²) >= 11 is 4.75. The van der Waals surface area contributed by atoms with Gasteiger partial charge in [-0.25, -0.2) is 0 Å². The number of benzene rings is 3. The van der Waals surface area contributed by atoms with Crippen molar-refractivity contribution in [2.45, 2.75) is 18.3 Å². The quantitative estimate of drug-likeness (QED) is 0.164. The van der Waals surface area contributed by atoms with E-state index in [0.717, 1.165) is 21.0 Å². The Hall–Kier alpha value is -2.90. The number of hydrogen-bond acceptors (Lipinski definition) is 5. The molecule has 0 spiro atoms. The zero-order valence-electron chi connectivity index (χ0n) is 16.7. The molecule has 0 atom stereocenters. The number of ether oxygens (including phenoxy) is 1. The van der Waals surface area contributed by atoms with E-state index >= 15 is 0 Å². The number of carbonyl (C=O) groups excluding carboxylic acids is 1. The van der Waals surface area contributed by atoms with Crippen LogP contribution in [0.15, 0.2) is 89.0 Å². The number of allylic oxidation sites excluding steroid dienone is 1. The van der Waals surface area contributed by atoms with Crippen LogP contribution in [-0.2, 0) is 13.2 Å². The number of fused-ring (bicyclic) bond motifs is 1. The maximum Gasteiger partial charge on any atom is 0.192 e. The number of carbonyl (C=O) groups is 1. The largest absolute Gasteiger partial charge is 0.485 e. The number of ketones is 1. The lowest BCUT2D eigenvalue weighted by atomic mass is 10.1. The Balaban J connectivity index is 1.47. The lowest BCUT2D eigenvalue weighted by Crippen LogP contribution is -2.09. The average molecular weight is 494 g/mol. The van der Waals surface area contributed by atoms with Crippen molar-refractivity contribution in [1.82, 2.24) is 14.8 Å². The zero-order chi connectivity index (χ0) is 21.6. The van der Waals surface area contributed by atoms with Crippen LogP contribution in [0.25, 0.3) is 10.8 Å². The lowest BCUT2D eigenvalue weighted by Gasteiger charge is -2.11. The molecule has 0 aliphatic heterocycles. The van der Waals surface area contributed by atoms with E-state index < -0.39 is 0 Å². The van der Waals surface area contributed by atoms with E-state index in [1.165, 1.54) is 11.8 Å². The molecule has 0 aliphatic rings. The Morgan fingerprint density at radius 3 is 2.65 bits per heavy atom. The fraction of sp³-hybridized carbons (Fsp3) is 0.125. The van der Waals surface area contributed by atoms with Crippen LogP contribution in [0.5, 0.6) is 5.75 Å². The first-order valence-corrected chi connectivity index (χ1v) is 11.5. The summed E-state index contributed by atoms with van der Waals surface area (Å²) in [6, 6.07) is 21.4. The number of hydrogen-bond donors (Lipinski definition) is 0. The fourth-order valence-electron chi connectivity index (χ4n) is 3.16. The highest BCUT2D eigenvalue weighted by atomic mass is 79.9. The third-order valence-electron chi connectivity index (χ3n) is 4.71. The third-order valence-corrected chi connectivity index (χ3v) is 6.21. The third kappa shape index (κ3) is 5.06. The van der Waals surface area contributed by atoms with Crippen molar-refractivity contribution in [2.75, 3.05) is 5.75 Å². The minimum absolute atomic E-state index is 0.0409. The fourth-order valence-corrected chi connectivity index (χ4v) is 4.28. The standard InChI is InChI=1S/C24H20BrN3O2S/c1-2-14-28-23(15-30-22-9-5-7-17-6-3-4-8-20(17)22)26-27-24(28)31-16-21(29)18-10-12-19(25)13-11-18/h2-13H,1,14-16H2. The maximum atomic E-state index is 12.5. The van der Waals surface area contributed by atoms with Crippen LogP contribution in [-0.4, -0.2) is 26.3 Å². The van der Waals surface area contributed by atoms with Crippen LogP contribution < -0.4 is 4.74 Å². The summed E-state index contributed by atoms with van der Waals surface area (Å²) in [5.74, 6) is 1.80. The van der Waals surface area contributed by atoms with Gasteiger partial charge in [0.25, 0.3) is 0 Å². The summed E-state index contributed by atoms with van der Waals surface area (Å²) in [5.41, 5.74) is 0.671. The molecule has 3 aromatic carbocycles. The molecule has 0 aliphatic carbocycles. The molecular formula is C24H20BrN3O2S. The lowest BCUT2D eigenvalue weighted by molar-refractivity contribution is 0.102. The molecule has 156 valence electrons. The Kier molecular flexibility index (Phi) is 6.84. The summed E-state index contributed by atoms with van der Waals surface area (Å²) < 4.78 is 8.94.